The van der Waals surface area contributed by atoms with E-state index in [1.54, 1.807) is 18.2 Å². The standard InChI is InChI=1S/C16H11ClN6O4/c17-10-2-1-3-11(8-10)19-20-14-13(21-22(15(14)24)16(18)25)9-4-6-12(7-5-9)23(26)27/h1-8,21H,(H2,18,25). The van der Waals surface area contributed by atoms with Crippen LogP contribution < -0.4 is 11.3 Å². The summed E-state index contributed by atoms with van der Waals surface area (Å²) in [7, 11) is 0. The molecular weight excluding hydrogens is 376 g/mol. The smallest absolute Gasteiger partial charge is 0.341 e. The lowest BCUT2D eigenvalue weighted by Gasteiger charge is -1.99. The molecule has 0 spiro atoms. The molecule has 3 rings (SSSR count). The number of azo groups is 1. The van der Waals surface area contributed by atoms with E-state index in [4.69, 9.17) is 17.3 Å². The van der Waals surface area contributed by atoms with Gasteiger partial charge in [-0.1, -0.05) is 17.7 Å². The minimum Gasteiger partial charge on any atom is -0.350 e. The number of nitrogens with two attached hydrogens (primary N) is 1. The molecule has 1 amide bonds. The Labute approximate surface area is 156 Å². The lowest BCUT2D eigenvalue weighted by Crippen LogP contribution is -2.29. The van der Waals surface area contributed by atoms with Crippen LogP contribution in [0.25, 0.3) is 11.3 Å². The molecule has 0 aliphatic heterocycles. The molecule has 1 heterocycles. The number of rotatable bonds is 4. The van der Waals surface area contributed by atoms with Crippen molar-refractivity contribution in [2.24, 2.45) is 16.0 Å². The number of benzene rings is 2. The van der Waals surface area contributed by atoms with Crippen molar-refractivity contribution in [1.29, 1.82) is 0 Å². The number of aromatic amines is 1. The average molecular weight is 387 g/mol. The first-order valence-electron chi connectivity index (χ1n) is 7.44. The van der Waals surface area contributed by atoms with E-state index >= 15 is 0 Å². The molecule has 0 atom stereocenters. The van der Waals surface area contributed by atoms with E-state index in [0.717, 1.165) is 0 Å². The molecule has 136 valence electrons. The first kappa shape index (κ1) is 18.0. The van der Waals surface area contributed by atoms with Gasteiger partial charge in [0.15, 0.2) is 5.69 Å². The molecular formula is C16H11ClN6O4. The maximum atomic E-state index is 12.4. The zero-order chi connectivity index (χ0) is 19.6. The van der Waals surface area contributed by atoms with Gasteiger partial charge < -0.3 is 5.73 Å². The minimum atomic E-state index is -1.03. The predicted molar refractivity (Wildman–Crippen MR) is 97.8 cm³/mol. The van der Waals surface area contributed by atoms with E-state index < -0.39 is 16.5 Å². The fraction of sp³-hybridized carbons (Fsp3) is 0. The summed E-state index contributed by atoms with van der Waals surface area (Å²) in [6.07, 6.45) is 0. The molecule has 2 aromatic carbocycles. The Morgan fingerprint density at radius 1 is 1.19 bits per heavy atom. The molecule has 0 bridgehead atoms. The maximum absolute atomic E-state index is 12.4. The van der Waals surface area contributed by atoms with Crippen molar-refractivity contribution >= 4 is 34.7 Å². The third-order valence-electron chi connectivity index (χ3n) is 3.53. The second kappa shape index (κ2) is 7.22. The molecule has 0 saturated heterocycles. The molecule has 0 saturated carbocycles. The van der Waals surface area contributed by atoms with Crippen LogP contribution in [0.3, 0.4) is 0 Å². The number of hydrogen-bond acceptors (Lipinski definition) is 6. The Balaban J connectivity index is 2.10. The van der Waals surface area contributed by atoms with Gasteiger partial charge in [0.2, 0.25) is 0 Å². The van der Waals surface area contributed by atoms with Crippen LogP contribution in [-0.4, -0.2) is 20.7 Å². The van der Waals surface area contributed by atoms with Crippen molar-refractivity contribution in [2.45, 2.75) is 0 Å². The molecule has 1 aromatic heterocycles. The fourth-order valence-electron chi connectivity index (χ4n) is 2.27. The number of nitrogens with one attached hydrogen (secondary N) is 1. The van der Waals surface area contributed by atoms with Crippen LogP contribution in [0.15, 0.2) is 63.6 Å². The highest BCUT2D eigenvalue weighted by Crippen LogP contribution is 2.29. The molecule has 0 unspecified atom stereocenters. The quantitative estimate of drug-likeness (QED) is 0.398. The maximum Gasteiger partial charge on any atom is 0.341 e. The summed E-state index contributed by atoms with van der Waals surface area (Å²) < 4.78 is 0.572. The number of nitrogens with zero attached hydrogens (tertiary/aromatic N) is 4. The third kappa shape index (κ3) is 3.75. The van der Waals surface area contributed by atoms with Crippen molar-refractivity contribution in [1.82, 2.24) is 9.78 Å². The number of H-pyrrole nitrogens is 1. The second-order valence-corrected chi connectivity index (χ2v) is 5.73. The van der Waals surface area contributed by atoms with Crippen LogP contribution in [0.1, 0.15) is 0 Å². The molecule has 11 heteroatoms. The predicted octanol–water partition coefficient (Wildman–Crippen LogP) is 3.75. The minimum absolute atomic E-state index is 0.127. The summed E-state index contributed by atoms with van der Waals surface area (Å²) in [6, 6.07) is 10.8. The Hall–Kier alpha value is -3.79. The summed E-state index contributed by atoms with van der Waals surface area (Å²) in [5.74, 6) is 0. The van der Waals surface area contributed by atoms with Gasteiger partial charge in [-0.05, 0) is 30.3 Å². The van der Waals surface area contributed by atoms with E-state index in [-0.39, 0.29) is 17.1 Å². The van der Waals surface area contributed by atoms with Crippen LogP contribution in [0, 0.1) is 10.1 Å². The topological polar surface area (TPSA) is 149 Å². The SMILES string of the molecule is NC(=O)n1[nH]c(-c2ccc([N+](=O)[O-])cc2)c(N=Nc2cccc(Cl)c2)c1=O. The lowest BCUT2D eigenvalue weighted by atomic mass is 10.1. The Morgan fingerprint density at radius 3 is 2.48 bits per heavy atom. The van der Waals surface area contributed by atoms with E-state index in [1.165, 1.54) is 30.3 Å². The number of halogens is 1. The van der Waals surface area contributed by atoms with Crippen molar-refractivity contribution in [3.63, 3.8) is 0 Å². The third-order valence-corrected chi connectivity index (χ3v) is 3.76. The molecule has 3 N–H and O–H groups in total. The van der Waals surface area contributed by atoms with E-state index in [9.17, 15) is 19.7 Å². The van der Waals surface area contributed by atoms with Crippen LogP contribution in [0.4, 0.5) is 21.9 Å². The van der Waals surface area contributed by atoms with E-state index in [0.29, 0.717) is 21.0 Å². The monoisotopic (exact) mass is 386 g/mol. The number of primary amides is 1. The van der Waals surface area contributed by atoms with Crippen LogP contribution in [-0.2, 0) is 0 Å². The summed E-state index contributed by atoms with van der Waals surface area (Å²) in [5.41, 5.74) is 4.99. The largest absolute Gasteiger partial charge is 0.350 e. The van der Waals surface area contributed by atoms with Crippen LogP contribution in [0.2, 0.25) is 5.02 Å². The number of hydrogen-bond donors (Lipinski definition) is 2. The van der Waals surface area contributed by atoms with Gasteiger partial charge in [-0.2, -0.15) is 9.80 Å². The molecule has 0 radical (unpaired) electrons. The number of aromatic nitrogens is 2. The number of nitro groups is 1. The van der Waals surface area contributed by atoms with Crippen LogP contribution >= 0.6 is 11.6 Å². The van der Waals surface area contributed by atoms with Gasteiger partial charge in [0.1, 0.15) is 0 Å². The fourth-order valence-corrected chi connectivity index (χ4v) is 2.46. The van der Waals surface area contributed by atoms with Crippen LogP contribution in [0.5, 0.6) is 0 Å². The summed E-state index contributed by atoms with van der Waals surface area (Å²) in [4.78, 5) is 34.1. The molecule has 3 aromatic rings. The summed E-state index contributed by atoms with van der Waals surface area (Å²) >= 11 is 5.88. The van der Waals surface area contributed by atoms with Crippen molar-refractivity contribution in [3.05, 3.63) is 74.0 Å². The van der Waals surface area contributed by atoms with Crippen molar-refractivity contribution < 1.29 is 9.72 Å². The van der Waals surface area contributed by atoms with E-state index in [2.05, 4.69) is 15.3 Å². The highest BCUT2D eigenvalue weighted by molar-refractivity contribution is 6.30. The van der Waals surface area contributed by atoms with Gasteiger partial charge in [-0.15, -0.1) is 5.11 Å². The van der Waals surface area contributed by atoms with Crippen molar-refractivity contribution in [2.75, 3.05) is 0 Å². The molecule has 0 aliphatic carbocycles. The second-order valence-electron chi connectivity index (χ2n) is 5.30. The normalized spacial score (nSPS) is 11.0. The zero-order valence-corrected chi connectivity index (χ0v) is 14.3. The summed E-state index contributed by atoms with van der Waals surface area (Å²) in [5, 5.41) is 21.6. The number of non-ortho nitro benzene ring substituents is 1. The molecule has 27 heavy (non-hydrogen) atoms. The number of carbonyl (C=O) groups is 1. The molecule has 0 aliphatic rings. The molecule has 10 nitrogen and oxygen atoms in total. The van der Waals surface area contributed by atoms with Gasteiger partial charge in [-0.25, -0.2) is 4.79 Å². The van der Waals surface area contributed by atoms with E-state index in [1.807, 2.05) is 0 Å². The first-order valence-corrected chi connectivity index (χ1v) is 7.81. The summed E-state index contributed by atoms with van der Waals surface area (Å²) in [6.45, 7) is 0. The zero-order valence-electron chi connectivity index (χ0n) is 13.5. The highest BCUT2D eigenvalue weighted by atomic mass is 35.5. The van der Waals surface area contributed by atoms with Gasteiger partial charge in [-0.3, -0.25) is 20.0 Å². The Bertz CT molecular complexity index is 1120. The lowest BCUT2D eigenvalue weighted by molar-refractivity contribution is -0.384. The Kier molecular flexibility index (Phi) is 4.81. The van der Waals surface area contributed by atoms with Gasteiger partial charge >= 0.3 is 11.6 Å². The number of nitro benzene ring substituents is 1. The number of carbonyl (C=O) groups excluding carboxylic acids is 1. The average Bonchev–Trinajstić information content (AvgIpc) is 2.97. The molecule has 0 fully saturated rings. The van der Waals surface area contributed by atoms with Gasteiger partial charge in [0, 0.05) is 22.7 Å². The Morgan fingerprint density at radius 2 is 1.89 bits per heavy atom. The first-order chi connectivity index (χ1) is 12.9. The number of amides is 1. The van der Waals surface area contributed by atoms with Gasteiger partial charge in [0.25, 0.3) is 5.69 Å². The highest BCUT2D eigenvalue weighted by Gasteiger charge is 2.19. The van der Waals surface area contributed by atoms with Crippen molar-refractivity contribution in [3.8, 4) is 11.3 Å². The van der Waals surface area contributed by atoms with Gasteiger partial charge in [0.05, 0.1) is 16.3 Å².